The van der Waals surface area contributed by atoms with Crippen molar-refractivity contribution in [3.63, 3.8) is 0 Å². The molecule has 0 saturated heterocycles. The monoisotopic (exact) mass is 973 g/mol. The van der Waals surface area contributed by atoms with Crippen LogP contribution in [0.2, 0.25) is 17.6 Å². The Bertz CT molecular complexity index is 1880. The van der Waals surface area contributed by atoms with Crippen molar-refractivity contribution in [3.05, 3.63) is 71.6 Å². The molecule has 5 rings (SSSR count). The molecule has 311 valence electrons. The molecule has 2 heterocycles. The van der Waals surface area contributed by atoms with Crippen molar-refractivity contribution >= 4 is 50.6 Å². The molecule has 0 spiro atoms. The normalized spacial score (nSPS) is 14.8. The Morgan fingerprint density at radius 1 is 0.893 bits per heavy atom. The Balaban J connectivity index is 0.000000448. The van der Waals surface area contributed by atoms with Gasteiger partial charge in [-0.25, -0.2) is 0 Å². The van der Waals surface area contributed by atoms with E-state index >= 15 is 0 Å². The van der Waals surface area contributed by atoms with Crippen LogP contribution < -0.4 is 4.50 Å². The van der Waals surface area contributed by atoms with E-state index in [1.807, 2.05) is 27.7 Å². The number of nitrogens with zero attached hydrogens (tertiary/aromatic N) is 1. The third-order valence-electron chi connectivity index (χ3n) is 12.2. The molecular weight excluding hydrogens is 899 g/mol. The van der Waals surface area contributed by atoms with E-state index in [9.17, 15) is 9.90 Å². The Hall–Kier alpha value is -2.11. The van der Waals surface area contributed by atoms with Crippen molar-refractivity contribution in [1.29, 1.82) is 0 Å². The van der Waals surface area contributed by atoms with Gasteiger partial charge in [-0.2, -0.15) is 11.3 Å². The summed E-state index contributed by atoms with van der Waals surface area (Å²) in [6.07, 6.45) is 14.0. The van der Waals surface area contributed by atoms with Crippen molar-refractivity contribution in [1.82, 2.24) is 4.98 Å². The molecule has 1 aliphatic carbocycles. The van der Waals surface area contributed by atoms with Gasteiger partial charge in [0.05, 0.1) is 5.76 Å². The van der Waals surface area contributed by atoms with Crippen molar-refractivity contribution in [2.24, 2.45) is 22.7 Å². The van der Waals surface area contributed by atoms with Crippen LogP contribution in [0.4, 0.5) is 0 Å². The van der Waals surface area contributed by atoms with Crippen LogP contribution in [-0.4, -0.2) is 23.9 Å². The number of aliphatic hydroxyl groups is 1. The number of hydrogen-bond acceptors (Lipinski definition) is 4. The van der Waals surface area contributed by atoms with Crippen LogP contribution >= 0.6 is 11.3 Å². The standard InChI is InChI=1S/C37H50NSSi.C13H24O2.Ir/c1-25(2)32-22-28(21-27-15-13-14-18-31(27)32)33-34-30(19-20-38-33)26(3)35(39-34)40(23-36(4,5)6,24-37(7,8)9)29-16-11-10-12-17-29;1-5-10(6-2)12(14)9-13(15)11(7-3)8-4;/h13-15,18-20,22,25,29H,10-12,16-17,23-24H2,1-9H3;9-11,14H,5-8H2,1-4H3;/q-1;;/b;12-9-;. The van der Waals surface area contributed by atoms with E-state index in [1.54, 1.807) is 10.1 Å². The van der Waals surface area contributed by atoms with Gasteiger partial charge in [0.15, 0.2) is 5.78 Å². The average molecular weight is 974 g/mol. The maximum atomic E-state index is 11.7. The molecule has 2 aromatic carbocycles. The summed E-state index contributed by atoms with van der Waals surface area (Å²) in [5.74, 6) is 0.995. The van der Waals surface area contributed by atoms with Gasteiger partial charge in [0.25, 0.3) is 0 Å². The van der Waals surface area contributed by atoms with Gasteiger partial charge >= 0.3 is 0 Å². The molecule has 0 bridgehead atoms. The van der Waals surface area contributed by atoms with Crippen LogP contribution in [0.5, 0.6) is 0 Å². The van der Waals surface area contributed by atoms with Gasteiger partial charge < -0.3 is 5.11 Å². The Kier molecular flexibility index (Phi) is 17.9. The molecule has 1 fully saturated rings. The summed E-state index contributed by atoms with van der Waals surface area (Å²) in [6.45, 7) is 30.1. The maximum absolute atomic E-state index is 11.7. The molecule has 1 aliphatic rings. The molecule has 56 heavy (non-hydrogen) atoms. The average Bonchev–Trinajstić information content (AvgIpc) is 3.48. The zero-order valence-corrected chi connectivity index (χ0v) is 41.5. The second-order valence-corrected chi connectivity index (χ2v) is 25.1. The number of carbonyl (C=O) groups excluding carboxylic acids is 1. The number of aryl methyl sites for hydroxylation is 1. The van der Waals surface area contributed by atoms with E-state index < -0.39 is 8.07 Å². The van der Waals surface area contributed by atoms with E-state index in [0.717, 1.165) is 42.5 Å². The summed E-state index contributed by atoms with van der Waals surface area (Å²) in [5, 5.41) is 13.7. The minimum absolute atomic E-state index is 0. The van der Waals surface area contributed by atoms with Gasteiger partial charge in [-0.15, -0.1) is 29.1 Å². The molecule has 4 aromatic rings. The minimum Gasteiger partial charge on any atom is -0.512 e. The molecule has 0 aliphatic heterocycles. The Morgan fingerprint density at radius 3 is 2.00 bits per heavy atom. The number of allylic oxidation sites excluding steroid dienone is 2. The smallest absolute Gasteiger partial charge is 0.162 e. The van der Waals surface area contributed by atoms with Gasteiger partial charge in [-0.05, 0) is 88.5 Å². The van der Waals surface area contributed by atoms with Crippen LogP contribution in [0.1, 0.15) is 158 Å². The topological polar surface area (TPSA) is 50.2 Å². The number of hydrogen-bond donors (Lipinski definition) is 1. The second kappa shape index (κ2) is 20.7. The number of fused-ring (bicyclic) bond motifs is 2. The third-order valence-corrected chi connectivity index (χ3v) is 21.6. The van der Waals surface area contributed by atoms with Gasteiger partial charge in [-0.1, -0.05) is 144 Å². The van der Waals surface area contributed by atoms with Crippen LogP contribution in [0.15, 0.2) is 54.4 Å². The largest absolute Gasteiger partial charge is 0.512 e. The van der Waals surface area contributed by atoms with Crippen LogP contribution in [-0.2, 0) is 24.9 Å². The first kappa shape index (κ1) is 48.3. The Labute approximate surface area is 360 Å². The molecule has 0 unspecified atom stereocenters. The number of thiophene rings is 1. The van der Waals surface area contributed by atoms with E-state index in [1.165, 1.54) is 76.7 Å². The number of rotatable bonds is 13. The SMILES string of the molecule is CCC(CC)C(=O)/C=C(\O)C(CC)CC.Cc1c([Si](CC(C)(C)C)(CC(C)(C)C)C2CCCCC2)sc2c(-c3[c-]c4ccccc4c(C(C)C)c3)nccc12.[Ir]. The van der Waals surface area contributed by atoms with Crippen molar-refractivity contribution in [2.75, 3.05) is 0 Å². The third kappa shape index (κ3) is 11.8. The molecule has 3 nitrogen and oxygen atoms in total. The summed E-state index contributed by atoms with van der Waals surface area (Å²) in [7, 11) is -1.89. The summed E-state index contributed by atoms with van der Waals surface area (Å²) in [6, 6.07) is 20.0. The Morgan fingerprint density at radius 2 is 1.46 bits per heavy atom. The zero-order valence-electron chi connectivity index (χ0n) is 37.3. The molecular formula is C50H74IrNO2SSi-. The van der Waals surface area contributed by atoms with Crippen molar-refractivity contribution < 1.29 is 30.0 Å². The predicted molar refractivity (Wildman–Crippen MR) is 245 cm³/mol. The van der Waals surface area contributed by atoms with Crippen molar-refractivity contribution in [2.45, 2.75) is 171 Å². The maximum Gasteiger partial charge on any atom is 0.162 e. The summed E-state index contributed by atoms with van der Waals surface area (Å²) >= 11 is 2.13. The fraction of sp³-hybridized carbons (Fsp3) is 0.600. The first-order chi connectivity index (χ1) is 25.9. The van der Waals surface area contributed by atoms with Crippen LogP contribution in [0.25, 0.3) is 32.1 Å². The van der Waals surface area contributed by atoms with E-state index in [0.29, 0.717) is 16.7 Å². The van der Waals surface area contributed by atoms with Gasteiger partial charge in [0.2, 0.25) is 0 Å². The fourth-order valence-corrected chi connectivity index (χ4v) is 20.4. The number of benzene rings is 2. The predicted octanol–water partition coefficient (Wildman–Crippen LogP) is 15.3. The number of pyridine rings is 1. The number of aliphatic hydroxyl groups excluding tert-OH is 1. The van der Waals surface area contributed by atoms with Gasteiger partial charge in [0.1, 0.15) is 8.07 Å². The molecule has 6 heteroatoms. The molecule has 1 saturated carbocycles. The van der Waals surface area contributed by atoms with E-state index in [4.69, 9.17) is 4.98 Å². The number of aromatic nitrogens is 1. The number of ketones is 1. The summed E-state index contributed by atoms with van der Waals surface area (Å²) < 4.78 is 3.16. The molecule has 2 aromatic heterocycles. The fourth-order valence-electron chi connectivity index (χ4n) is 9.70. The van der Waals surface area contributed by atoms with Crippen LogP contribution in [0.3, 0.4) is 0 Å². The van der Waals surface area contributed by atoms with E-state index in [-0.39, 0.29) is 43.5 Å². The first-order valence-corrected chi connectivity index (χ1v) is 25.0. The quantitative estimate of drug-likeness (QED) is 0.0629. The first-order valence-electron chi connectivity index (χ1n) is 21.7. The minimum atomic E-state index is -1.89. The van der Waals surface area contributed by atoms with Gasteiger partial charge in [-0.3, -0.25) is 9.78 Å². The van der Waals surface area contributed by atoms with Gasteiger partial charge in [0, 0.05) is 54.6 Å². The molecule has 0 amide bonds. The number of carbonyl (C=O) groups is 1. The summed E-state index contributed by atoms with van der Waals surface area (Å²) in [5.41, 5.74) is 6.73. The molecule has 1 radical (unpaired) electrons. The molecule has 1 N–H and O–H groups in total. The van der Waals surface area contributed by atoms with Crippen molar-refractivity contribution in [3.8, 4) is 11.3 Å². The van der Waals surface area contributed by atoms with E-state index in [2.05, 4.69) is 122 Å². The zero-order chi connectivity index (χ0) is 40.7. The second-order valence-electron chi connectivity index (χ2n) is 19.4. The van der Waals surface area contributed by atoms with Crippen LogP contribution in [0, 0.1) is 35.7 Å². The summed E-state index contributed by atoms with van der Waals surface area (Å²) in [4.78, 5) is 16.8. The molecule has 0 atom stereocenters.